The number of amides is 1. The third kappa shape index (κ3) is 4.03. The normalized spacial score (nSPS) is 9.36. The number of hydrogen-bond acceptors (Lipinski definition) is 4. The van der Waals surface area contributed by atoms with Gasteiger partial charge in [0.15, 0.2) is 0 Å². The fourth-order valence-corrected chi connectivity index (χ4v) is 1.36. The molecule has 0 unspecified atom stereocenters. The van der Waals surface area contributed by atoms with Crippen molar-refractivity contribution in [1.82, 2.24) is 15.6 Å². The number of thiazole rings is 1. The van der Waals surface area contributed by atoms with E-state index in [9.17, 15) is 4.79 Å². The highest BCUT2D eigenvalue weighted by atomic mass is 32.1. The van der Waals surface area contributed by atoms with Crippen molar-refractivity contribution in [2.24, 2.45) is 0 Å². The lowest BCUT2D eigenvalue weighted by molar-refractivity contribution is -0.120. The van der Waals surface area contributed by atoms with Crippen LogP contribution in [0.4, 0.5) is 0 Å². The van der Waals surface area contributed by atoms with Crippen molar-refractivity contribution in [3.63, 3.8) is 0 Å². The van der Waals surface area contributed by atoms with E-state index in [-0.39, 0.29) is 12.5 Å². The average molecular weight is 209 g/mol. The molecule has 0 aliphatic heterocycles. The van der Waals surface area contributed by atoms with Gasteiger partial charge in [0.2, 0.25) is 5.91 Å². The summed E-state index contributed by atoms with van der Waals surface area (Å²) in [5.74, 6) is 2.33. The van der Waals surface area contributed by atoms with Crippen LogP contribution in [0.5, 0.6) is 0 Å². The lowest BCUT2D eigenvalue weighted by atomic mass is 10.5. The molecule has 1 rings (SSSR count). The first-order valence-electron chi connectivity index (χ1n) is 4.11. The number of nitrogens with zero attached hydrogens (tertiary/aromatic N) is 1. The average Bonchev–Trinajstić information content (AvgIpc) is 2.68. The van der Waals surface area contributed by atoms with Gasteiger partial charge in [-0.3, -0.25) is 15.1 Å². The predicted molar refractivity (Wildman–Crippen MR) is 55.7 cm³/mol. The Kier molecular flexibility index (Phi) is 4.69. The maximum Gasteiger partial charge on any atom is 0.234 e. The van der Waals surface area contributed by atoms with Crippen LogP contribution in [0.25, 0.3) is 0 Å². The third-order valence-electron chi connectivity index (χ3n) is 1.46. The third-order valence-corrected chi connectivity index (χ3v) is 2.24. The van der Waals surface area contributed by atoms with Crippen molar-refractivity contribution in [2.45, 2.75) is 6.54 Å². The van der Waals surface area contributed by atoms with E-state index in [0.29, 0.717) is 13.1 Å². The van der Waals surface area contributed by atoms with E-state index in [0.717, 1.165) is 4.88 Å². The van der Waals surface area contributed by atoms with Gasteiger partial charge in [0, 0.05) is 11.1 Å². The Morgan fingerprint density at radius 2 is 2.57 bits per heavy atom. The van der Waals surface area contributed by atoms with Gasteiger partial charge < -0.3 is 5.32 Å². The van der Waals surface area contributed by atoms with Gasteiger partial charge in [0.25, 0.3) is 0 Å². The van der Waals surface area contributed by atoms with Gasteiger partial charge in [-0.1, -0.05) is 5.92 Å². The summed E-state index contributed by atoms with van der Waals surface area (Å²) < 4.78 is 0. The van der Waals surface area contributed by atoms with E-state index in [4.69, 9.17) is 6.42 Å². The van der Waals surface area contributed by atoms with Gasteiger partial charge in [-0.05, 0) is 0 Å². The van der Waals surface area contributed by atoms with Gasteiger partial charge in [0.1, 0.15) is 0 Å². The minimum absolute atomic E-state index is 0.0614. The summed E-state index contributed by atoms with van der Waals surface area (Å²) in [5.41, 5.74) is 1.73. The molecule has 14 heavy (non-hydrogen) atoms. The molecule has 2 N–H and O–H groups in total. The maximum absolute atomic E-state index is 11.2. The van der Waals surface area contributed by atoms with Crippen LogP contribution in [0.1, 0.15) is 4.88 Å². The SMILES string of the molecule is C#CCNCC(=O)NCc1cncs1. The highest BCUT2D eigenvalue weighted by Gasteiger charge is 2.00. The Labute approximate surface area is 86.7 Å². The molecule has 0 spiro atoms. The summed E-state index contributed by atoms with van der Waals surface area (Å²) in [7, 11) is 0. The van der Waals surface area contributed by atoms with Crippen LogP contribution in [0.2, 0.25) is 0 Å². The van der Waals surface area contributed by atoms with Crippen molar-refractivity contribution in [3.05, 3.63) is 16.6 Å². The minimum atomic E-state index is -0.0614. The molecule has 0 aromatic carbocycles. The lowest BCUT2D eigenvalue weighted by Gasteiger charge is -2.02. The highest BCUT2D eigenvalue weighted by molar-refractivity contribution is 7.09. The lowest BCUT2D eigenvalue weighted by Crippen LogP contribution is -2.33. The van der Waals surface area contributed by atoms with E-state index in [2.05, 4.69) is 21.5 Å². The number of carbonyl (C=O) groups excluding carboxylic acids is 1. The van der Waals surface area contributed by atoms with Crippen LogP contribution in [0.15, 0.2) is 11.7 Å². The molecule has 1 amide bonds. The van der Waals surface area contributed by atoms with Crippen LogP contribution >= 0.6 is 11.3 Å². The van der Waals surface area contributed by atoms with Gasteiger partial charge in [-0.25, -0.2) is 0 Å². The molecule has 0 fully saturated rings. The Morgan fingerprint density at radius 1 is 1.71 bits per heavy atom. The molecule has 0 aliphatic rings. The van der Waals surface area contributed by atoms with Crippen LogP contribution < -0.4 is 10.6 Å². The van der Waals surface area contributed by atoms with E-state index in [1.807, 2.05) is 0 Å². The number of rotatable bonds is 5. The fourth-order valence-electron chi connectivity index (χ4n) is 0.826. The molecule has 1 aromatic heterocycles. The molecular formula is C9H11N3OS. The van der Waals surface area contributed by atoms with Crippen LogP contribution in [0, 0.1) is 12.3 Å². The van der Waals surface area contributed by atoms with Crippen molar-refractivity contribution >= 4 is 17.2 Å². The Bertz CT molecular complexity index is 315. The molecule has 74 valence electrons. The van der Waals surface area contributed by atoms with Crippen molar-refractivity contribution in [3.8, 4) is 12.3 Å². The number of terminal acetylenes is 1. The highest BCUT2D eigenvalue weighted by Crippen LogP contribution is 2.03. The van der Waals surface area contributed by atoms with Crippen molar-refractivity contribution in [1.29, 1.82) is 0 Å². The Balaban J connectivity index is 2.13. The van der Waals surface area contributed by atoms with Crippen molar-refractivity contribution in [2.75, 3.05) is 13.1 Å². The summed E-state index contributed by atoms with van der Waals surface area (Å²) in [6.45, 7) is 1.19. The Hall–Kier alpha value is -1.38. The molecule has 0 saturated carbocycles. The maximum atomic E-state index is 11.2. The summed E-state index contributed by atoms with van der Waals surface area (Å²) in [6.07, 6.45) is 6.75. The summed E-state index contributed by atoms with van der Waals surface area (Å²) >= 11 is 1.51. The summed E-state index contributed by atoms with van der Waals surface area (Å²) in [5, 5.41) is 5.55. The quantitative estimate of drug-likeness (QED) is 0.529. The first kappa shape index (κ1) is 10.7. The molecule has 5 heteroatoms. The topological polar surface area (TPSA) is 54.0 Å². The van der Waals surface area contributed by atoms with Gasteiger partial charge in [-0.15, -0.1) is 17.8 Å². The second-order valence-electron chi connectivity index (χ2n) is 2.55. The van der Waals surface area contributed by atoms with E-state index in [1.165, 1.54) is 11.3 Å². The molecule has 0 atom stereocenters. The monoisotopic (exact) mass is 209 g/mol. The number of carbonyl (C=O) groups is 1. The predicted octanol–water partition coefficient (Wildman–Crippen LogP) is -0.0179. The smallest absolute Gasteiger partial charge is 0.234 e. The fraction of sp³-hybridized carbons (Fsp3) is 0.333. The van der Waals surface area contributed by atoms with Gasteiger partial charge >= 0.3 is 0 Å². The molecule has 0 saturated heterocycles. The van der Waals surface area contributed by atoms with Gasteiger partial charge in [0.05, 0.1) is 25.1 Å². The zero-order valence-electron chi connectivity index (χ0n) is 7.62. The first-order chi connectivity index (χ1) is 6.83. The molecule has 0 radical (unpaired) electrons. The van der Waals surface area contributed by atoms with Crippen LogP contribution in [0.3, 0.4) is 0 Å². The number of aromatic nitrogens is 1. The minimum Gasteiger partial charge on any atom is -0.350 e. The molecular weight excluding hydrogens is 198 g/mol. The van der Waals surface area contributed by atoms with Gasteiger partial charge in [-0.2, -0.15) is 0 Å². The zero-order chi connectivity index (χ0) is 10.2. The van der Waals surface area contributed by atoms with Crippen molar-refractivity contribution < 1.29 is 4.79 Å². The zero-order valence-corrected chi connectivity index (χ0v) is 8.43. The second-order valence-corrected chi connectivity index (χ2v) is 3.52. The van der Waals surface area contributed by atoms with E-state index < -0.39 is 0 Å². The standard InChI is InChI=1S/C9H11N3OS/c1-2-3-10-6-9(13)12-5-8-4-11-7-14-8/h1,4,7,10H,3,5-6H2,(H,12,13). The summed E-state index contributed by atoms with van der Waals surface area (Å²) in [6, 6.07) is 0. The van der Waals surface area contributed by atoms with Crippen LogP contribution in [-0.2, 0) is 11.3 Å². The molecule has 4 nitrogen and oxygen atoms in total. The van der Waals surface area contributed by atoms with E-state index in [1.54, 1.807) is 11.7 Å². The summed E-state index contributed by atoms with van der Waals surface area (Å²) in [4.78, 5) is 16.1. The second kappa shape index (κ2) is 6.13. The van der Waals surface area contributed by atoms with Crippen LogP contribution in [-0.4, -0.2) is 24.0 Å². The molecule has 1 aromatic rings. The Morgan fingerprint density at radius 3 is 3.21 bits per heavy atom. The molecule has 0 aliphatic carbocycles. The first-order valence-corrected chi connectivity index (χ1v) is 4.99. The number of nitrogens with one attached hydrogen (secondary N) is 2. The molecule has 0 bridgehead atoms. The van der Waals surface area contributed by atoms with E-state index >= 15 is 0 Å². The largest absolute Gasteiger partial charge is 0.350 e. The molecule has 1 heterocycles. The number of hydrogen-bond donors (Lipinski definition) is 2.